The van der Waals surface area contributed by atoms with Crippen LogP contribution < -0.4 is 0 Å². The molecule has 3 aromatic rings. The molecular formula is C33H36Br3F3O3Si. The molecule has 43 heavy (non-hydrogen) atoms. The molecule has 0 spiro atoms. The van der Waals surface area contributed by atoms with E-state index in [4.69, 9.17) is 4.43 Å². The molecule has 0 saturated carbocycles. The Hall–Kier alpha value is -1.30. The van der Waals surface area contributed by atoms with Gasteiger partial charge in [-0.05, 0) is 150 Å². The second-order valence-electron chi connectivity index (χ2n) is 12.6. The summed E-state index contributed by atoms with van der Waals surface area (Å²) in [5.74, 6) is -0.594. The molecule has 0 amide bonds. The number of Topliss-reactive ketones (excluding diaryl/α,β-unsaturated/α-hetero) is 1. The fraction of sp³-hybridized carbons (Fsp3) is 0.424. The average molecular weight is 805 g/mol. The number of aliphatic hydroxyl groups is 1. The minimum Gasteiger partial charge on any atom is -0.410 e. The van der Waals surface area contributed by atoms with Crippen molar-refractivity contribution in [3.63, 3.8) is 0 Å². The number of aliphatic hydroxyl groups excluding tert-OH is 1. The van der Waals surface area contributed by atoms with Crippen LogP contribution in [0, 0.1) is 17.5 Å². The van der Waals surface area contributed by atoms with Crippen molar-refractivity contribution >= 4 is 61.9 Å². The molecule has 232 valence electrons. The largest absolute Gasteiger partial charge is 0.410 e. The number of fused-ring (bicyclic) bond motifs is 3. The second kappa shape index (κ2) is 13.6. The van der Waals surface area contributed by atoms with Gasteiger partial charge < -0.3 is 9.53 Å². The number of ketones is 1. The van der Waals surface area contributed by atoms with E-state index in [1.54, 1.807) is 12.1 Å². The van der Waals surface area contributed by atoms with Gasteiger partial charge in [0.05, 0.1) is 25.6 Å². The van der Waals surface area contributed by atoms with E-state index in [2.05, 4.69) is 81.7 Å². The van der Waals surface area contributed by atoms with Crippen molar-refractivity contribution in [2.24, 2.45) is 0 Å². The van der Waals surface area contributed by atoms with Gasteiger partial charge in [0, 0.05) is 12.0 Å². The number of rotatable bonds is 2. The van der Waals surface area contributed by atoms with Gasteiger partial charge in [0.2, 0.25) is 0 Å². The molecule has 3 nitrogen and oxygen atoms in total. The Morgan fingerprint density at radius 2 is 1.23 bits per heavy atom. The van der Waals surface area contributed by atoms with Crippen LogP contribution in [0.5, 0.6) is 0 Å². The number of halogens is 6. The number of hydrogen-bond acceptors (Lipinski definition) is 3. The maximum Gasteiger partial charge on any atom is 0.192 e. The lowest BCUT2D eigenvalue weighted by molar-refractivity contribution is 0.0994. The quantitative estimate of drug-likeness (QED) is 0.263. The minimum atomic E-state index is -1.78. The van der Waals surface area contributed by atoms with Gasteiger partial charge in [-0.15, -0.1) is 0 Å². The van der Waals surface area contributed by atoms with Crippen molar-refractivity contribution in [3.8, 4) is 0 Å². The SMILES string of the molecule is CC(C)(C)[Si](C)(C)O[C@H]1CCc2c1ccc(F)c2Br.O=C1CCc2c1ccc(F)c2Br.O[C@H]1CCc2c1ccc(F)c2Br. The van der Waals surface area contributed by atoms with E-state index < -0.39 is 14.4 Å². The lowest BCUT2D eigenvalue weighted by Gasteiger charge is -2.38. The third-order valence-corrected chi connectivity index (χ3v) is 15.9. The lowest BCUT2D eigenvalue weighted by Crippen LogP contribution is -2.41. The van der Waals surface area contributed by atoms with Crippen LogP contribution in [0.4, 0.5) is 13.2 Å². The highest BCUT2D eigenvalue weighted by atomic mass is 79.9. The van der Waals surface area contributed by atoms with E-state index in [0.717, 1.165) is 47.1 Å². The first-order chi connectivity index (χ1) is 20.0. The van der Waals surface area contributed by atoms with Crippen molar-refractivity contribution in [3.05, 3.63) is 101 Å². The summed E-state index contributed by atoms with van der Waals surface area (Å²) in [6, 6.07) is 9.36. The van der Waals surface area contributed by atoms with Gasteiger partial charge in [-0.25, -0.2) is 13.2 Å². The average Bonchev–Trinajstić information content (AvgIpc) is 3.64. The molecule has 0 aromatic heterocycles. The fourth-order valence-corrected chi connectivity index (χ4v) is 8.30. The molecule has 6 rings (SSSR count). The highest BCUT2D eigenvalue weighted by Gasteiger charge is 2.41. The molecule has 3 aromatic carbocycles. The molecule has 0 bridgehead atoms. The highest BCUT2D eigenvalue weighted by molar-refractivity contribution is 9.11. The van der Waals surface area contributed by atoms with E-state index in [0.29, 0.717) is 38.2 Å². The Kier molecular flexibility index (Phi) is 10.9. The van der Waals surface area contributed by atoms with E-state index in [1.807, 2.05) is 6.07 Å². The molecule has 0 fully saturated rings. The highest BCUT2D eigenvalue weighted by Crippen LogP contribution is 2.45. The minimum absolute atomic E-state index is 0.116. The molecule has 1 N–H and O–H groups in total. The van der Waals surface area contributed by atoms with Gasteiger partial charge >= 0.3 is 0 Å². The van der Waals surface area contributed by atoms with Crippen molar-refractivity contribution in [2.45, 2.75) is 89.6 Å². The smallest absolute Gasteiger partial charge is 0.192 e. The Bertz CT molecular complexity index is 1540. The van der Waals surface area contributed by atoms with Crippen LogP contribution >= 0.6 is 47.8 Å². The first-order valence-electron chi connectivity index (χ1n) is 14.3. The van der Waals surface area contributed by atoms with E-state index in [-0.39, 0.29) is 34.4 Å². The van der Waals surface area contributed by atoms with Crippen LogP contribution in [0.1, 0.15) is 90.4 Å². The summed E-state index contributed by atoms with van der Waals surface area (Å²) in [6.07, 6.45) is 4.22. The van der Waals surface area contributed by atoms with Gasteiger partial charge in [0.25, 0.3) is 0 Å². The van der Waals surface area contributed by atoms with Gasteiger partial charge in [0.15, 0.2) is 14.1 Å². The zero-order chi connectivity index (χ0) is 31.9. The summed E-state index contributed by atoms with van der Waals surface area (Å²) in [7, 11) is -1.78. The van der Waals surface area contributed by atoms with Crippen LogP contribution in [0.25, 0.3) is 0 Å². The third-order valence-electron chi connectivity index (χ3n) is 8.84. The molecule has 3 aliphatic carbocycles. The van der Waals surface area contributed by atoms with Crippen LogP contribution in [0.3, 0.4) is 0 Å². The molecule has 0 heterocycles. The van der Waals surface area contributed by atoms with Crippen molar-refractivity contribution in [2.75, 3.05) is 0 Å². The molecule has 2 atom stereocenters. The fourth-order valence-electron chi connectivity index (χ4n) is 5.33. The zero-order valence-electron chi connectivity index (χ0n) is 24.9. The maximum atomic E-state index is 13.5. The van der Waals surface area contributed by atoms with Gasteiger partial charge in [-0.2, -0.15) is 0 Å². The molecular weight excluding hydrogens is 769 g/mol. The lowest BCUT2D eigenvalue weighted by atomic mass is 10.1. The maximum absolute atomic E-state index is 13.5. The van der Waals surface area contributed by atoms with Crippen LogP contribution in [-0.4, -0.2) is 19.2 Å². The van der Waals surface area contributed by atoms with Gasteiger partial charge in [0.1, 0.15) is 17.5 Å². The topological polar surface area (TPSA) is 46.5 Å². The van der Waals surface area contributed by atoms with E-state index in [9.17, 15) is 23.1 Å². The van der Waals surface area contributed by atoms with Crippen LogP contribution in [0.2, 0.25) is 18.1 Å². The number of benzene rings is 3. The summed E-state index contributed by atoms with van der Waals surface area (Å²) >= 11 is 9.66. The summed E-state index contributed by atoms with van der Waals surface area (Å²) in [6.45, 7) is 11.3. The van der Waals surface area contributed by atoms with Crippen molar-refractivity contribution in [1.82, 2.24) is 0 Å². The molecule has 0 unspecified atom stereocenters. The molecule has 0 radical (unpaired) electrons. The second-order valence-corrected chi connectivity index (χ2v) is 19.8. The van der Waals surface area contributed by atoms with Gasteiger partial charge in [-0.1, -0.05) is 32.9 Å². The monoisotopic (exact) mass is 802 g/mol. The first-order valence-corrected chi connectivity index (χ1v) is 19.6. The molecule has 0 aliphatic heterocycles. The Morgan fingerprint density at radius 3 is 1.81 bits per heavy atom. The number of hydrogen-bond donors (Lipinski definition) is 1. The zero-order valence-corrected chi connectivity index (χ0v) is 30.7. The predicted molar refractivity (Wildman–Crippen MR) is 178 cm³/mol. The standard InChI is InChI=1S/C15H22BrFOSi.C9H8BrFO.C9H6BrFO/c1-15(2,3)19(4,5)18-13-9-7-11-10(13)6-8-12(17)14(11)16;2*10-9-6-2-4-8(12)5(6)1-3-7(9)11/h6,8,13H,7,9H2,1-5H3;1,3,8,12H,2,4H2;1,3H,2,4H2/t13-;8-;/m00./s1. The van der Waals surface area contributed by atoms with E-state index >= 15 is 0 Å². The molecule has 10 heteroatoms. The third kappa shape index (κ3) is 7.41. The van der Waals surface area contributed by atoms with Crippen LogP contribution in [-0.2, 0) is 23.7 Å². The van der Waals surface area contributed by atoms with Gasteiger partial charge in [-0.3, -0.25) is 4.79 Å². The molecule has 3 aliphatic rings. The predicted octanol–water partition coefficient (Wildman–Crippen LogP) is 10.9. The summed E-state index contributed by atoms with van der Waals surface area (Å²) < 4.78 is 47.5. The number of carbonyl (C=O) groups is 1. The summed E-state index contributed by atoms with van der Waals surface area (Å²) in [4.78, 5) is 11.2. The van der Waals surface area contributed by atoms with E-state index in [1.165, 1.54) is 18.2 Å². The Morgan fingerprint density at radius 1 is 0.744 bits per heavy atom. The first kappa shape index (κ1) is 34.6. The summed E-state index contributed by atoms with van der Waals surface area (Å²) in [5.41, 5.74) is 5.52. The Labute approximate surface area is 278 Å². The van der Waals surface area contributed by atoms with Crippen molar-refractivity contribution in [1.29, 1.82) is 0 Å². The normalized spacial score (nSPS) is 18.7. The van der Waals surface area contributed by atoms with Crippen molar-refractivity contribution < 1.29 is 27.5 Å². The number of carbonyl (C=O) groups excluding carboxylic acids is 1. The summed E-state index contributed by atoms with van der Waals surface area (Å²) in [5, 5.41) is 9.65. The Balaban J connectivity index is 0.000000154. The van der Waals surface area contributed by atoms with Crippen LogP contribution in [0.15, 0.2) is 49.8 Å². The molecule has 0 saturated heterocycles.